The van der Waals surface area contributed by atoms with Crippen molar-refractivity contribution in [3.05, 3.63) is 63.7 Å². The maximum atomic E-state index is 11.1. The molecular weight excluding hydrogens is 314 g/mol. The van der Waals surface area contributed by atoms with Crippen molar-refractivity contribution < 1.29 is 14.6 Å². The predicted octanol–water partition coefficient (Wildman–Crippen LogP) is 3.69. The van der Waals surface area contributed by atoms with Crippen LogP contribution in [0.3, 0.4) is 0 Å². The number of methoxy groups -OCH3 is 1. The number of ether oxygens (including phenoxy) is 1. The third kappa shape index (κ3) is 4.98. The standard InChI is InChI=1S/C18H20ClNO3/c1-12-7-13(9-16(19)8-12)11-20-6-5-14-10-15(18(21)22)3-4-17(14)23-2/h3-4,7-10,20H,5-6,11H2,1-2H3,(H,21,22). The molecule has 0 bridgehead atoms. The van der Waals surface area contributed by atoms with Gasteiger partial charge in [-0.25, -0.2) is 4.79 Å². The molecule has 0 aliphatic carbocycles. The van der Waals surface area contributed by atoms with Crippen LogP contribution in [0.5, 0.6) is 5.75 Å². The molecule has 2 rings (SSSR count). The lowest BCUT2D eigenvalue weighted by Gasteiger charge is -2.11. The number of carboxylic acids is 1. The van der Waals surface area contributed by atoms with Crippen LogP contribution in [0, 0.1) is 6.92 Å². The van der Waals surface area contributed by atoms with Crippen LogP contribution in [-0.2, 0) is 13.0 Å². The molecule has 2 aromatic rings. The van der Waals surface area contributed by atoms with Gasteiger partial charge < -0.3 is 15.2 Å². The van der Waals surface area contributed by atoms with E-state index < -0.39 is 5.97 Å². The van der Waals surface area contributed by atoms with Crippen LogP contribution in [-0.4, -0.2) is 24.7 Å². The minimum atomic E-state index is -0.934. The van der Waals surface area contributed by atoms with Crippen molar-refractivity contribution in [3.63, 3.8) is 0 Å². The Morgan fingerprint density at radius 1 is 1.26 bits per heavy atom. The molecule has 122 valence electrons. The molecule has 0 aliphatic heterocycles. The predicted molar refractivity (Wildman–Crippen MR) is 91.6 cm³/mol. The molecule has 2 N–H and O–H groups in total. The monoisotopic (exact) mass is 333 g/mol. The van der Waals surface area contributed by atoms with E-state index in [0.717, 1.165) is 21.7 Å². The molecule has 5 heteroatoms. The van der Waals surface area contributed by atoms with E-state index in [1.807, 2.05) is 19.1 Å². The van der Waals surface area contributed by atoms with Crippen molar-refractivity contribution in [2.24, 2.45) is 0 Å². The summed E-state index contributed by atoms with van der Waals surface area (Å²) in [6, 6.07) is 10.9. The van der Waals surface area contributed by atoms with E-state index in [4.69, 9.17) is 21.4 Å². The van der Waals surface area contributed by atoms with Crippen LogP contribution in [0.2, 0.25) is 5.02 Å². The van der Waals surface area contributed by atoms with Crippen LogP contribution in [0.25, 0.3) is 0 Å². The average Bonchev–Trinajstić information content (AvgIpc) is 2.50. The molecule has 0 aromatic heterocycles. The van der Waals surface area contributed by atoms with Crippen LogP contribution in [0.4, 0.5) is 0 Å². The Kier molecular flexibility index (Phi) is 6.02. The minimum absolute atomic E-state index is 0.270. The number of halogens is 1. The smallest absolute Gasteiger partial charge is 0.335 e. The fraction of sp³-hybridized carbons (Fsp3) is 0.278. The highest BCUT2D eigenvalue weighted by Gasteiger charge is 2.08. The number of hydrogen-bond donors (Lipinski definition) is 2. The maximum Gasteiger partial charge on any atom is 0.335 e. The Morgan fingerprint density at radius 2 is 2.04 bits per heavy atom. The molecule has 0 saturated carbocycles. The Bertz CT molecular complexity index is 680. The normalized spacial score (nSPS) is 10.6. The minimum Gasteiger partial charge on any atom is -0.496 e. The highest BCUT2D eigenvalue weighted by Crippen LogP contribution is 2.20. The summed E-state index contributed by atoms with van der Waals surface area (Å²) >= 11 is 6.05. The summed E-state index contributed by atoms with van der Waals surface area (Å²) in [5.74, 6) is -0.230. The Hall–Kier alpha value is -2.04. The zero-order chi connectivity index (χ0) is 16.8. The van der Waals surface area contributed by atoms with Crippen molar-refractivity contribution in [2.45, 2.75) is 19.9 Å². The van der Waals surface area contributed by atoms with Gasteiger partial charge in [0.05, 0.1) is 12.7 Å². The van der Waals surface area contributed by atoms with E-state index in [-0.39, 0.29) is 5.56 Å². The molecule has 4 nitrogen and oxygen atoms in total. The molecule has 0 amide bonds. The van der Waals surface area contributed by atoms with E-state index in [2.05, 4.69) is 11.4 Å². The maximum absolute atomic E-state index is 11.1. The van der Waals surface area contributed by atoms with Gasteiger partial charge in [0.15, 0.2) is 0 Å². The molecule has 0 saturated heterocycles. The lowest BCUT2D eigenvalue weighted by molar-refractivity contribution is 0.0696. The summed E-state index contributed by atoms with van der Waals surface area (Å²) in [6.45, 7) is 3.44. The van der Waals surface area contributed by atoms with Gasteiger partial charge in [-0.1, -0.05) is 17.7 Å². The van der Waals surface area contributed by atoms with Gasteiger partial charge >= 0.3 is 5.97 Å². The lowest BCUT2D eigenvalue weighted by atomic mass is 10.1. The SMILES string of the molecule is COc1ccc(C(=O)O)cc1CCNCc1cc(C)cc(Cl)c1. The van der Waals surface area contributed by atoms with Crippen molar-refractivity contribution in [3.8, 4) is 5.75 Å². The average molecular weight is 334 g/mol. The van der Waals surface area contributed by atoms with Gasteiger partial charge in [-0.2, -0.15) is 0 Å². The van der Waals surface area contributed by atoms with Crippen LogP contribution in [0.1, 0.15) is 27.0 Å². The van der Waals surface area contributed by atoms with E-state index in [0.29, 0.717) is 25.3 Å². The van der Waals surface area contributed by atoms with Gasteiger partial charge in [0.2, 0.25) is 0 Å². The fourth-order valence-corrected chi connectivity index (χ4v) is 2.79. The third-order valence-corrected chi connectivity index (χ3v) is 3.75. The number of aromatic carboxylic acids is 1. The number of carboxylic acid groups (broad SMARTS) is 1. The summed E-state index contributed by atoms with van der Waals surface area (Å²) in [5.41, 5.74) is 3.40. The van der Waals surface area contributed by atoms with Crippen molar-refractivity contribution in [1.82, 2.24) is 5.32 Å². The summed E-state index contributed by atoms with van der Waals surface area (Å²) < 4.78 is 5.29. The Morgan fingerprint density at radius 3 is 2.70 bits per heavy atom. The van der Waals surface area contributed by atoms with Crippen LogP contribution < -0.4 is 10.1 Å². The molecular formula is C18H20ClNO3. The summed E-state index contributed by atoms with van der Waals surface area (Å²) in [5, 5.41) is 13.2. The summed E-state index contributed by atoms with van der Waals surface area (Å²) in [4.78, 5) is 11.1. The highest BCUT2D eigenvalue weighted by molar-refractivity contribution is 6.30. The highest BCUT2D eigenvalue weighted by atomic mass is 35.5. The van der Waals surface area contributed by atoms with Crippen molar-refractivity contribution in [2.75, 3.05) is 13.7 Å². The number of aryl methyl sites for hydroxylation is 1. The van der Waals surface area contributed by atoms with E-state index in [9.17, 15) is 4.79 Å². The topological polar surface area (TPSA) is 58.6 Å². The number of hydrogen-bond acceptors (Lipinski definition) is 3. The molecule has 2 aromatic carbocycles. The van der Waals surface area contributed by atoms with Crippen LogP contribution in [0.15, 0.2) is 36.4 Å². The first-order valence-electron chi connectivity index (χ1n) is 7.36. The fourth-order valence-electron chi connectivity index (χ4n) is 2.48. The second kappa shape index (κ2) is 7.99. The molecule has 0 heterocycles. The second-order valence-corrected chi connectivity index (χ2v) is 5.83. The molecule has 0 atom stereocenters. The lowest BCUT2D eigenvalue weighted by Crippen LogP contribution is -2.17. The first kappa shape index (κ1) is 17.3. The molecule has 0 fully saturated rings. The number of rotatable bonds is 7. The largest absolute Gasteiger partial charge is 0.496 e. The summed E-state index contributed by atoms with van der Waals surface area (Å²) in [7, 11) is 1.58. The zero-order valence-corrected chi connectivity index (χ0v) is 14.0. The van der Waals surface area contributed by atoms with Crippen molar-refractivity contribution in [1.29, 1.82) is 0 Å². The second-order valence-electron chi connectivity index (χ2n) is 5.40. The molecule has 0 aliphatic rings. The van der Waals surface area contributed by atoms with Gasteiger partial charge in [-0.05, 0) is 66.9 Å². The summed E-state index contributed by atoms with van der Waals surface area (Å²) in [6.07, 6.45) is 0.684. The van der Waals surface area contributed by atoms with Gasteiger partial charge in [0.25, 0.3) is 0 Å². The van der Waals surface area contributed by atoms with Gasteiger partial charge in [-0.15, -0.1) is 0 Å². The van der Waals surface area contributed by atoms with Crippen LogP contribution >= 0.6 is 11.6 Å². The van der Waals surface area contributed by atoms with Gasteiger partial charge in [-0.3, -0.25) is 0 Å². The molecule has 23 heavy (non-hydrogen) atoms. The first-order chi connectivity index (χ1) is 11.0. The molecule has 0 spiro atoms. The number of benzene rings is 2. The third-order valence-electron chi connectivity index (χ3n) is 3.53. The molecule has 0 unspecified atom stereocenters. The van der Waals surface area contributed by atoms with Gasteiger partial charge in [0, 0.05) is 11.6 Å². The quantitative estimate of drug-likeness (QED) is 0.759. The first-order valence-corrected chi connectivity index (χ1v) is 7.74. The van der Waals surface area contributed by atoms with Gasteiger partial charge in [0.1, 0.15) is 5.75 Å². The Labute approximate surface area is 141 Å². The van der Waals surface area contributed by atoms with E-state index in [1.165, 1.54) is 0 Å². The zero-order valence-electron chi connectivity index (χ0n) is 13.2. The molecule has 0 radical (unpaired) electrons. The number of carbonyl (C=O) groups is 1. The number of nitrogens with one attached hydrogen (secondary N) is 1. The van der Waals surface area contributed by atoms with E-state index in [1.54, 1.807) is 25.3 Å². The Balaban J connectivity index is 1.95. The van der Waals surface area contributed by atoms with Crippen molar-refractivity contribution >= 4 is 17.6 Å². The van der Waals surface area contributed by atoms with E-state index >= 15 is 0 Å².